The number of allylic oxidation sites excluding steroid dienone is 1. The van der Waals surface area contributed by atoms with E-state index in [9.17, 15) is 4.79 Å². The molecule has 6 nitrogen and oxygen atoms in total. The number of benzene rings is 2. The van der Waals surface area contributed by atoms with Gasteiger partial charge in [-0.15, -0.1) is 0 Å². The summed E-state index contributed by atoms with van der Waals surface area (Å²) < 4.78 is 1.54. The van der Waals surface area contributed by atoms with Crippen molar-refractivity contribution in [2.24, 2.45) is 4.99 Å². The molecule has 1 aliphatic rings. The van der Waals surface area contributed by atoms with E-state index in [1.165, 1.54) is 15.9 Å². The molecule has 30 heavy (non-hydrogen) atoms. The summed E-state index contributed by atoms with van der Waals surface area (Å²) >= 11 is 7.30. The van der Waals surface area contributed by atoms with Crippen LogP contribution in [0, 0.1) is 0 Å². The fourth-order valence-corrected chi connectivity index (χ4v) is 4.52. The third-order valence-corrected chi connectivity index (χ3v) is 6.12. The molecule has 0 amide bonds. The van der Waals surface area contributed by atoms with Gasteiger partial charge in [0, 0.05) is 28.3 Å². The lowest BCUT2D eigenvalue weighted by molar-refractivity contribution is 0.901. The zero-order chi connectivity index (χ0) is 20.8. The standard InChI is InChI=1S/C22H16ClN5OS/c1-12-16(15-4-2-3-5-18(15)25-12)11-17-20(24)28-22(26-21(17)29)30-19(27-28)10-13-6-8-14(23)9-7-13/h2-9,11H,10,24H2,1H3/b16-11+. The summed E-state index contributed by atoms with van der Waals surface area (Å²) in [5.41, 5.74) is 10.9. The van der Waals surface area contributed by atoms with Gasteiger partial charge in [0.2, 0.25) is 4.96 Å². The van der Waals surface area contributed by atoms with Crippen molar-refractivity contribution in [3.05, 3.63) is 85.6 Å². The van der Waals surface area contributed by atoms with Crippen LogP contribution in [0.25, 0.3) is 16.6 Å². The van der Waals surface area contributed by atoms with E-state index in [4.69, 9.17) is 17.3 Å². The number of para-hydroxylation sites is 1. The summed E-state index contributed by atoms with van der Waals surface area (Å²) in [5.74, 6) is 0.272. The molecule has 0 radical (unpaired) electrons. The Labute approximate surface area is 181 Å². The molecular weight excluding hydrogens is 418 g/mol. The number of rotatable bonds is 3. The molecule has 148 valence electrons. The number of nitrogens with zero attached hydrogens (tertiary/aromatic N) is 4. The first-order valence-electron chi connectivity index (χ1n) is 9.29. The van der Waals surface area contributed by atoms with Gasteiger partial charge in [0.1, 0.15) is 10.8 Å². The summed E-state index contributed by atoms with van der Waals surface area (Å²) in [6.07, 6.45) is 2.37. The van der Waals surface area contributed by atoms with Crippen molar-refractivity contribution < 1.29 is 0 Å². The molecular formula is C22H16ClN5OS. The zero-order valence-corrected chi connectivity index (χ0v) is 17.5. The molecule has 0 unspecified atom stereocenters. The normalized spacial score (nSPS) is 14.3. The van der Waals surface area contributed by atoms with Crippen LogP contribution in [0.5, 0.6) is 0 Å². The molecule has 0 bridgehead atoms. The fourth-order valence-electron chi connectivity index (χ4n) is 3.47. The highest BCUT2D eigenvalue weighted by Gasteiger charge is 2.20. The Morgan fingerprint density at radius 3 is 2.73 bits per heavy atom. The largest absolute Gasteiger partial charge is 0.383 e. The van der Waals surface area contributed by atoms with E-state index in [-0.39, 0.29) is 11.4 Å². The Morgan fingerprint density at radius 2 is 1.93 bits per heavy atom. The lowest BCUT2D eigenvalue weighted by Gasteiger charge is -2.04. The second-order valence-electron chi connectivity index (χ2n) is 6.98. The quantitative estimate of drug-likeness (QED) is 0.510. The minimum atomic E-state index is -0.376. The van der Waals surface area contributed by atoms with Gasteiger partial charge in [0.15, 0.2) is 0 Å². The van der Waals surface area contributed by atoms with Crippen LogP contribution in [-0.2, 0) is 6.42 Å². The van der Waals surface area contributed by atoms with Gasteiger partial charge in [-0.2, -0.15) is 14.6 Å². The van der Waals surface area contributed by atoms with Gasteiger partial charge >= 0.3 is 0 Å². The third-order valence-electron chi connectivity index (χ3n) is 4.96. The summed E-state index contributed by atoms with van der Waals surface area (Å²) in [6, 6.07) is 15.4. The number of aromatic nitrogens is 3. The smallest absolute Gasteiger partial charge is 0.283 e. The first-order valence-corrected chi connectivity index (χ1v) is 10.5. The van der Waals surface area contributed by atoms with Crippen LogP contribution in [0.2, 0.25) is 5.02 Å². The van der Waals surface area contributed by atoms with Crippen molar-refractivity contribution in [2.75, 3.05) is 5.73 Å². The second-order valence-corrected chi connectivity index (χ2v) is 8.46. The highest BCUT2D eigenvalue weighted by molar-refractivity contribution is 7.16. The highest BCUT2D eigenvalue weighted by atomic mass is 35.5. The molecule has 3 heterocycles. The Balaban J connectivity index is 1.58. The van der Waals surface area contributed by atoms with E-state index >= 15 is 0 Å². The molecule has 0 fully saturated rings. The summed E-state index contributed by atoms with van der Waals surface area (Å²) in [4.78, 5) is 22.0. The Morgan fingerprint density at radius 1 is 1.17 bits per heavy atom. The Bertz CT molecular complexity index is 1420. The molecule has 2 aromatic heterocycles. The molecule has 0 saturated carbocycles. The van der Waals surface area contributed by atoms with E-state index in [0.717, 1.165) is 33.1 Å². The lowest BCUT2D eigenvalue weighted by Crippen LogP contribution is -2.17. The average molecular weight is 434 g/mol. The molecule has 0 spiro atoms. The summed E-state index contributed by atoms with van der Waals surface area (Å²) in [6.45, 7) is 1.92. The highest BCUT2D eigenvalue weighted by Crippen LogP contribution is 2.35. The van der Waals surface area contributed by atoms with E-state index in [1.807, 2.05) is 55.5 Å². The molecule has 0 atom stereocenters. The summed E-state index contributed by atoms with van der Waals surface area (Å²) in [5, 5.41) is 6.08. The lowest BCUT2D eigenvalue weighted by atomic mass is 10.0. The third kappa shape index (κ3) is 3.22. The van der Waals surface area contributed by atoms with Gasteiger partial charge in [-0.1, -0.05) is 53.3 Å². The van der Waals surface area contributed by atoms with Gasteiger partial charge in [0.05, 0.1) is 11.3 Å². The fraction of sp³-hybridized carbons (Fsp3) is 0.0909. The van der Waals surface area contributed by atoms with Crippen molar-refractivity contribution in [1.29, 1.82) is 0 Å². The number of nitrogens with two attached hydrogens (primary N) is 1. The van der Waals surface area contributed by atoms with E-state index in [0.29, 0.717) is 22.0 Å². The first kappa shape index (κ1) is 18.7. The van der Waals surface area contributed by atoms with Crippen LogP contribution in [-0.4, -0.2) is 20.3 Å². The van der Waals surface area contributed by atoms with Crippen LogP contribution in [0.3, 0.4) is 0 Å². The molecule has 2 N–H and O–H groups in total. The molecule has 0 aliphatic carbocycles. The van der Waals surface area contributed by atoms with Crippen LogP contribution in [0.15, 0.2) is 58.3 Å². The SMILES string of the molecule is CC1=Nc2ccccc2/C1=C/c1c(N)n2nc(Cc3ccc(Cl)cc3)sc2nc1=O. The Hall–Kier alpha value is -3.29. The number of hydrogen-bond donors (Lipinski definition) is 1. The predicted molar refractivity (Wildman–Crippen MR) is 123 cm³/mol. The zero-order valence-electron chi connectivity index (χ0n) is 16.0. The number of fused-ring (bicyclic) bond motifs is 2. The second kappa shape index (κ2) is 7.19. The number of anilines is 1. The van der Waals surface area contributed by atoms with Crippen molar-refractivity contribution in [2.45, 2.75) is 13.3 Å². The average Bonchev–Trinajstić information content (AvgIpc) is 3.27. The number of halogens is 1. The Kier molecular flexibility index (Phi) is 4.49. The molecule has 4 aromatic rings. The van der Waals surface area contributed by atoms with Crippen molar-refractivity contribution >= 4 is 56.8 Å². The maximum absolute atomic E-state index is 12.7. The molecule has 5 rings (SSSR count). The van der Waals surface area contributed by atoms with Gasteiger partial charge < -0.3 is 5.73 Å². The topological polar surface area (TPSA) is 85.6 Å². The monoisotopic (exact) mass is 433 g/mol. The maximum atomic E-state index is 12.7. The molecule has 1 aliphatic heterocycles. The molecule has 0 saturated heterocycles. The summed E-state index contributed by atoms with van der Waals surface area (Å²) in [7, 11) is 0. The maximum Gasteiger partial charge on any atom is 0.283 e. The minimum absolute atomic E-state index is 0.272. The van der Waals surface area contributed by atoms with E-state index < -0.39 is 0 Å². The van der Waals surface area contributed by atoms with Crippen LogP contribution in [0.4, 0.5) is 11.5 Å². The van der Waals surface area contributed by atoms with Crippen LogP contribution >= 0.6 is 22.9 Å². The van der Waals surface area contributed by atoms with Crippen LogP contribution in [0.1, 0.15) is 28.6 Å². The number of hydrogen-bond acceptors (Lipinski definition) is 6. The van der Waals surface area contributed by atoms with E-state index in [2.05, 4.69) is 15.1 Å². The van der Waals surface area contributed by atoms with Crippen molar-refractivity contribution in [3.8, 4) is 0 Å². The van der Waals surface area contributed by atoms with E-state index in [1.54, 1.807) is 6.08 Å². The van der Waals surface area contributed by atoms with Crippen LogP contribution < -0.4 is 11.3 Å². The van der Waals surface area contributed by atoms with Crippen molar-refractivity contribution in [3.63, 3.8) is 0 Å². The minimum Gasteiger partial charge on any atom is -0.383 e. The number of nitrogen functional groups attached to an aromatic ring is 1. The molecule has 8 heteroatoms. The number of aliphatic imine (C=N–C) groups is 1. The van der Waals surface area contributed by atoms with Gasteiger partial charge in [-0.3, -0.25) is 9.79 Å². The van der Waals surface area contributed by atoms with Gasteiger partial charge in [-0.25, -0.2) is 0 Å². The molecule has 2 aromatic carbocycles. The van der Waals surface area contributed by atoms with Gasteiger partial charge in [0.25, 0.3) is 5.56 Å². The van der Waals surface area contributed by atoms with Gasteiger partial charge in [-0.05, 0) is 36.8 Å². The predicted octanol–water partition coefficient (Wildman–Crippen LogP) is 4.62. The first-order chi connectivity index (χ1) is 14.5. The van der Waals surface area contributed by atoms with Crippen molar-refractivity contribution in [1.82, 2.24) is 14.6 Å².